The third-order valence-corrected chi connectivity index (χ3v) is 4.43. The third-order valence-electron chi connectivity index (χ3n) is 3.11. The van der Waals surface area contributed by atoms with Crippen molar-refractivity contribution in [2.45, 2.75) is 26.2 Å². The molecule has 0 aliphatic carbocycles. The van der Waals surface area contributed by atoms with Gasteiger partial charge in [-0.25, -0.2) is 4.57 Å². The van der Waals surface area contributed by atoms with Gasteiger partial charge in [0.1, 0.15) is 18.1 Å². The lowest BCUT2D eigenvalue weighted by molar-refractivity contribution is -0.121. The van der Waals surface area contributed by atoms with Crippen molar-refractivity contribution in [3.63, 3.8) is 0 Å². The van der Waals surface area contributed by atoms with Gasteiger partial charge in [0.25, 0.3) is 0 Å². The van der Waals surface area contributed by atoms with E-state index in [2.05, 4.69) is 0 Å². The monoisotopic (exact) mass is 348 g/mol. The average molecular weight is 348 g/mol. The molecule has 128 valence electrons. The Morgan fingerprint density at radius 1 is 0.917 bits per heavy atom. The molecule has 24 heavy (non-hydrogen) atoms. The second kappa shape index (κ2) is 9.26. The molecule has 0 fully saturated rings. The Labute approximate surface area is 142 Å². The Kier molecular flexibility index (Phi) is 7.04. The average Bonchev–Trinajstić information content (AvgIpc) is 2.60. The molecule has 0 aliphatic rings. The van der Waals surface area contributed by atoms with Crippen LogP contribution in [0.1, 0.15) is 26.2 Å². The first-order valence-electron chi connectivity index (χ1n) is 7.87. The standard InChI is InChI=1S/C18H21O5P/c1-2-3-10-16(19)15-21-24(20,22-17-11-6-4-7-12-17)23-18-13-8-5-9-14-18/h4-9,11-14H,2-3,10,15H2,1H3. The number of hydrogen-bond donors (Lipinski definition) is 0. The summed E-state index contributed by atoms with van der Waals surface area (Å²) in [5.74, 6) is 0.556. The molecular weight excluding hydrogens is 327 g/mol. The molecule has 0 N–H and O–H groups in total. The number of phosphoric ester groups is 1. The minimum absolute atomic E-state index is 0.134. The van der Waals surface area contributed by atoms with Gasteiger partial charge in [-0.05, 0) is 30.7 Å². The molecule has 5 nitrogen and oxygen atoms in total. The minimum atomic E-state index is -3.97. The molecule has 2 aromatic rings. The quantitative estimate of drug-likeness (QED) is 0.564. The molecule has 2 aromatic carbocycles. The van der Waals surface area contributed by atoms with Gasteiger partial charge in [0, 0.05) is 6.42 Å². The highest BCUT2D eigenvalue weighted by molar-refractivity contribution is 7.49. The van der Waals surface area contributed by atoms with Crippen molar-refractivity contribution in [3.05, 3.63) is 60.7 Å². The van der Waals surface area contributed by atoms with Crippen molar-refractivity contribution >= 4 is 13.6 Å². The van der Waals surface area contributed by atoms with Gasteiger partial charge in [-0.3, -0.25) is 9.32 Å². The number of para-hydroxylation sites is 2. The molecule has 0 spiro atoms. The highest BCUT2D eigenvalue weighted by Crippen LogP contribution is 2.49. The Morgan fingerprint density at radius 2 is 1.42 bits per heavy atom. The van der Waals surface area contributed by atoms with Gasteiger partial charge in [-0.1, -0.05) is 49.7 Å². The highest BCUT2D eigenvalue weighted by atomic mass is 31.2. The number of hydrogen-bond acceptors (Lipinski definition) is 5. The van der Waals surface area contributed by atoms with Gasteiger partial charge >= 0.3 is 7.82 Å². The first kappa shape index (κ1) is 18.2. The second-order valence-electron chi connectivity index (χ2n) is 5.17. The van der Waals surface area contributed by atoms with E-state index < -0.39 is 7.82 Å². The number of rotatable bonds is 10. The van der Waals surface area contributed by atoms with Gasteiger partial charge in [-0.15, -0.1) is 0 Å². The maximum Gasteiger partial charge on any atom is 0.587 e. The van der Waals surface area contributed by atoms with Gasteiger partial charge < -0.3 is 9.05 Å². The first-order valence-corrected chi connectivity index (χ1v) is 9.33. The fourth-order valence-corrected chi connectivity index (χ4v) is 3.09. The fraction of sp³-hybridized carbons (Fsp3) is 0.278. The lowest BCUT2D eigenvalue weighted by Crippen LogP contribution is -2.12. The molecular formula is C18H21O5P. The zero-order valence-corrected chi connectivity index (χ0v) is 14.5. The number of Topliss-reactive ketones (excluding diaryl/α,β-unsaturated/α-hetero) is 1. The van der Waals surface area contributed by atoms with Crippen LogP contribution in [0.15, 0.2) is 60.7 Å². The molecule has 0 aromatic heterocycles. The summed E-state index contributed by atoms with van der Waals surface area (Å²) >= 11 is 0. The summed E-state index contributed by atoms with van der Waals surface area (Å²) in [7, 11) is -3.97. The summed E-state index contributed by atoms with van der Waals surface area (Å²) in [5.41, 5.74) is 0. The van der Waals surface area contributed by atoms with Crippen LogP contribution < -0.4 is 9.05 Å². The summed E-state index contributed by atoms with van der Waals surface area (Å²) in [5, 5.41) is 0. The Balaban J connectivity index is 2.08. The van der Waals surface area contributed by atoms with E-state index >= 15 is 0 Å². The summed E-state index contributed by atoms with van der Waals surface area (Å²) in [6, 6.07) is 17.2. The molecule has 6 heteroatoms. The summed E-state index contributed by atoms with van der Waals surface area (Å²) in [6.45, 7) is 1.69. The second-order valence-corrected chi connectivity index (χ2v) is 6.69. The number of benzene rings is 2. The maximum atomic E-state index is 12.9. The minimum Gasteiger partial charge on any atom is -0.395 e. The number of carbonyl (C=O) groups excluding carboxylic acids is 1. The zero-order valence-electron chi connectivity index (χ0n) is 13.6. The molecule has 0 aliphatic heterocycles. The molecule has 0 bridgehead atoms. The van der Waals surface area contributed by atoms with Crippen LogP contribution in [-0.2, 0) is 13.9 Å². The van der Waals surface area contributed by atoms with Crippen LogP contribution in [-0.4, -0.2) is 12.4 Å². The molecule has 0 radical (unpaired) electrons. The number of phosphoric acid groups is 1. The molecule has 0 saturated heterocycles. The third kappa shape index (κ3) is 6.19. The molecule has 0 unspecified atom stereocenters. The van der Waals surface area contributed by atoms with Gasteiger partial charge in [0.15, 0.2) is 5.78 Å². The molecule has 0 heterocycles. The first-order chi connectivity index (χ1) is 11.6. The van der Waals surface area contributed by atoms with E-state index in [0.717, 1.165) is 12.8 Å². The normalized spacial score (nSPS) is 11.0. The molecule has 0 atom stereocenters. The smallest absolute Gasteiger partial charge is 0.395 e. The topological polar surface area (TPSA) is 61.8 Å². The lowest BCUT2D eigenvalue weighted by atomic mass is 10.2. The number of unbranched alkanes of at least 4 members (excludes halogenated alkanes) is 1. The summed E-state index contributed by atoms with van der Waals surface area (Å²) in [6.07, 6.45) is 2.06. The van der Waals surface area contributed by atoms with E-state index in [0.29, 0.717) is 17.9 Å². The molecule has 2 rings (SSSR count). The Hall–Kier alpha value is -2.10. The molecule has 0 saturated carbocycles. The van der Waals surface area contributed by atoms with Crippen molar-refractivity contribution in [2.75, 3.05) is 6.61 Å². The van der Waals surface area contributed by atoms with Crippen LogP contribution >= 0.6 is 7.82 Å². The van der Waals surface area contributed by atoms with Crippen LogP contribution in [0.4, 0.5) is 0 Å². The maximum absolute atomic E-state index is 12.9. The predicted molar refractivity (Wildman–Crippen MR) is 92.2 cm³/mol. The van der Waals surface area contributed by atoms with Crippen LogP contribution in [0.3, 0.4) is 0 Å². The lowest BCUT2D eigenvalue weighted by Gasteiger charge is -2.18. The van der Waals surface area contributed by atoms with Crippen LogP contribution in [0.2, 0.25) is 0 Å². The fourth-order valence-electron chi connectivity index (χ4n) is 1.89. The summed E-state index contributed by atoms with van der Waals surface area (Å²) < 4.78 is 29.0. The molecule has 0 amide bonds. The predicted octanol–water partition coefficient (Wildman–Crippen LogP) is 5.03. The van der Waals surface area contributed by atoms with Crippen LogP contribution in [0.25, 0.3) is 0 Å². The number of ketones is 1. The van der Waals surface area contributed by atoms with Crippen molar-refractivity contribution in [1.29, 1.82) is 0 Å². The van der Waals surface area contributed by atoms with Gasteiger partial charge in [0.2, 0.25) is 0 Å². The van der Waals surface area contributed by atoms with E-state index in [1.54, 1.807) is 48.5 Å². The van der Waals surface area contributed by atoms with E-state index in [1.807, 2.05) is 19.1 Å². The van der Waals surface area contributed by atoms with Crippen molar-refractivity contribution in [2.24, 2.45) is 0 Å². The Morgan fingerprint density at radius 3 is 1.88 bits per heavy atom. The van der Waals surface area contributed by atoms with Crippen molar-refractivity contribution in [3.8, 4) is 11.5 Å². The largest absolute Gasteiger partial charge is 0.587 e. The van der Waals surface area contributed by atoms with E-state index in [1.165, 1.54) is 0 Å². The van der Waals surface area contributed by atoms with E-state index in [4.69, 9.17) is 13.6 Å². The van der Waals surface area contributed by atoms with Crippen molar-refractivity contribution in [1.82, 2.24) is 0 Å². The van der Waals surface area contributed by atoms with Gasteiger partial charge in [0.05, 0.1) is 0 Å². The zero-order chi connectivity index (χ0) is 17.3. The van der Waals surface area contributed by atoms with Gasteiger partial charge in [-0.2, -0.15) is 0 Å². The van der Waals surface area contributed by atoms with Crippen LogP contribution in [0, 0.1) is 0 Å². The Bertz CT molecular complexity index is 627. The van der Waals surface area contributed by atoms with E-state index in [-0.39, 0.29) is 12.4 Å². The number of carbonyl (C=O) groups is 1. The van der Waals surface area contributed by atoms with E-state index in [9.17, 15) is 9.36 Å². The SMILES string of the molecule is CCCCC(=O)COP(=O)(Oc1ccccc1)Oc1ccccc1. The van der Waals surface area contributed by atoms with Crippen molar-refractivity contribution < 1.29 is 22.9 Å². The highest BCUT2D eigenvalue weighted by Gasteiger charge is 2.31. The van der Waals surface area contributed by atoms with Crippen LogP contribution in [0.5, 0.6) is 11.5 Å². The summed E-state index contributed by atoms with van der Waals surface area (Å²) in [4.78, 5) is 11.8.